The van der Waals surface area contributed by atoms with E-state index in [-0.39, 0.29) is 41.5 Å². The Morgan fingerprint density at radius 3 is 2.59 bits per heavy atom. The highest BCUT2D eigenvalue weighted by atomic mass is 19.4. The molecule has 8 nitrogen and oxygen atoms in total. The first kappa shape index (κ1) is 30.3. The molecule has 0 spiro atoms. The number of hydrogen-bond acceptors (Lipinski definition) is 6. The van der Waals surface area contributed by atoms with Crippen LogP contribution >= 0.6 is 0 Å². The summed E-state index contributed by atoms with van der Waals surface area (Å²) in [5, 5.41) is 18.1. The zero-order valence-corrected chi connectivity index (χ0v) is 25.4. The quantitative estimate of drug-likeness (QED) is 0.347. The van der Waals surface area contributed by atoms with Crippen molar-refractivity contribution in [1.29, 1.82) is 5.26 Å². The van der Waals surface area contributed by atoms with Crippen LogP contribution in [0.4, 0.5) is 18.9 Å². The van der Waals surface area contributed by atoms with Gasteiger partial charge in [-0.1, -0.05) is 12.1 Å². The fraction of sp³-hybridized carbons (Fsp3) is 0.515. The van der Waals surface area contributed by atoms with E-state index in [0.29, 0.717) is 37.4 Å². The lowest BCUT2D eigenvalue weighted by Crippen LogP contribution is -2.50. The summed E-state index contributed by atoms with van der Waals surface area (Å²) in [6.45, 7) is 7.26. The smallest absolute Gasteiger partial charge is 0.376 e. The van der Waals surface area contributed by atoms with E-state index in [1.54, 1.807) is 18.5 Å². The number of carbonyl (C=O) groups excluding carboxylic acids is 1. The van der Waals surface area contributed by atoms with Crippen molar-refractivity contribution in [1.82, 2.24) is 19.7 Å². The van der Waals surface area contributed by atoms with Gasteiger partial charge >= 0.3 is 6.18 Å². The predicted molar refractivity (Wildman–Crippen MR) is 158 cm³/mol. The van der Waals surface area contributed by atoms with Gasteiger partial charge in [0.05, 0.1) is 30.9 Å². The second-order valence-electron chi connectivity index (χ2n) is 12.9. The summed E-state index contributed by atoms with van der Waals surface area (Å²) in [6, 6.07) is 12.8. The third-order valence-electron chi connectivity index (χ3n) is 9.81. The Morgan fingerprint density at radius 1 is 1.11 bits per heavy atom. The molecule has 1 aromatic heterocycles. The van der Waals surface area contributed by atoms with E-state index in [4.69, 9.17) is 4.74 Å². The van der Waals surface area contributed by atoms with Crippen molar-refractivity contribution in [2.45, 2.75) is 76.2 Å². The maximum absolute atomic E-state index is 14.6. The maximum Gasteiger partial charge on any atom is 0.416 e. The van der Waals surface area contributed by atoms with E-state index < -0.39 is 23.2 Å². The lowest BCUT2D eigenvalue weighted by molar-refractivity contribution is -0.138. The fourth-order valence-corrected chi connectivity index (χ4v) is 7.25. The van der Waals surface area contributed by atoms with Crippen LogP contribution in [0.15, 0.2) is 42.7 Å². The third kappa shape index (κ3) is 5.39. The first-order valence-electron chi connectivity index (χ1n) is 15.1. The summed E-state index contributed by atoms with van der Waals surface area (Å²) < 4.78 is 51.2. The van der Waals surface area contributed by atoms with Gasteiger partial charge in [-0.2, -0.15) is 18.4 Å². The second kappa shape index (κ2) is 11.3. The summed E-state index contributed by atoms with van der Waals surface area (Å²) >= 11 is 0. The highest BCUT2D eigenvalue weighted by Crippen LogP contribution is 2.47. The summed E-state index contributed by atoms with van der Waals surface area (Å²) in [7, 11) is 1.90. The van der Waals surface area contributed by atoms with Crippen LogP contribution in [-0.2, 0) is 30.0 Å². The van der Waals surface area contributed by atoms with Gasteiger partial charge < -0.3 is 14.2 Å². The molecule has 44 heavy (non-hydrogen) atoms. The van der Waals surface area contributed by atoms with Gasteiger partial charge in [0, 0.05) is 48.8 Å². The topological polar surface area (TPSA) is 87.3 Å². The van der Waals surface area contributed by atoms with Crippen LogP contribution < -0.4 is 4.90 Å². The minimum absolute atomic E-state index is 0.00182. The number of carbonyl (C=O) groups is 1. The summed E-state index contributed by atoms with van der Waals surface area (Å²) in [5.41, 5.74) is 0.508. The summed E-state index contributed by atoms with van der Waals surface area (Å²) in [5.74, 6) is 0.250. The molecule has 1 saturated heterocycles. The highest BCUT2D eigenvalue weighted by molar-refractivity contribution is 6.10. The van der Waals surface area contributed by atoms with Gasteiger partial charge in [0.25, 0.3) is 5.91 Å². The molecule has 1 unspecified atom stereocenters. The number of fused-ring (bicyclic) bond motifs is 1. The summed E-state index contributed by atoms with van der Waals surface area (Å²) in [6.07, 6.45) is -0.848. The van der Waals surface area contributed by atoms with Crippen molar-refractivity contribution in [3.63, 3.8) is 0 Å². The lowest BCUT2D eigenvalue weighted by Gasteiger charge is -2.43. The predicted octanol–water partition coefficient (Wildman–Crippen LogP) is 6.14. The highest BCUT2D eigenvalue weighted by Gasteiger charge is 2.43. The Morgan fingerprint density at radius 2 is 1.91 bits per heavy atom. The van der Waals surface area contributed by atoms with Gasteiger partial charge in [0.1, 0.15) is 12.2 Å². The number of nitriles is 1. The van der Waals surface area contributed by atoms with Gasteiger partial charge in [0.15, 0.2) is 0 Å². The van der Waals surface area contributed by atoms with Crippen LogP contribution in [-0.4, -0.2) is 51.4 Å². The molecule has 2 aromatic carbocycles. The Bertz CT molecular complexity index is 1610. The molecule has 3 aromatic rings. The molecule has 232 valence electrons. The average Bonchev–Trinajstić information content (AvgIpc) is 3.58. The molecular formula is C33H37F3N6O2. The zero-order valence-electron chi connectivity index (χ0n) is 25.4. The number of nitrogens with zero attached hydrogens (tertiary/aromatic N) is 6. The Balaban J connectivity index is 1.36. The number of anilines is 1. The van der Waals surface area contributed by atoms with E-state index in [2.05, 4.69) is 21.2 Å². The van der Waals surface area contributed by atoms with Crippen molar-refractivity contribution in [3.05, 3.63) is 76.4 Å². The number of rotatable bonds is 5. The summed E-state index contributed by atoms with van der Waals surface area (Å²) in [4.78, 5) is 17.5. The van der Waals surface area contributed by atoms with Crippen molar-refractivity contribution in [3.8, 4) is 6.07 Å². The van der Waals surface area contributed by atoms with E-state index in [1.807, 2.05) is 50.6 Å². The Labute approximate surface area is 255 Å². The molecule has 0 N–H and O–H groups in total. The van der Waals surface area contributed by atoms with Crippen LogP contribution in [0.2, 0.25) is 0 Å². The zero-order chi connectivity index (χ0) is 31.4. The molecular weight excluding hydrogens is 569 g/mol. The average molecular weight is 607 g/mol. The standard InChI is InChI=1S/C33H37F3N6O2/c1-20-17-41(10-11-44-20)32(2,3)23-14-27-28(29(15-23)33(34,35)36)18-42(31(27)43)24-7-5-6-22(13-24)26-12-21(16-37)8-9-25(26)30-39-38-19-40(30)4/h5-7,13-15,19-21,25-26H,8-12,17-18H2,1-4H3/t20-,21+,25?,26-/m1/s1. The molecule has 0 radical (unpaired) electrons. The molecule has 6 rings (SSSR count). The van der Waals surface area contributed by atoms with Gasteiger partial charge in [-0.25, -0.2) is 0 Å². The van der Waals surface area contributed by atoms with E-state index >= 15 is 0 Å². The largest absolute Gasteiger partial charge is 0.416 e. The SMILES string of the molecule is C[C@@H]1CN(C(C)(C)c2cc3c(c(C(F)(F)F)c2)CN(c2cccc([C@H]4C[C@@H](C#N)CCC4c4nncn4C)c2)C3=O)CCO1. The minimum atomic E-state index is -4.62. The van der Waals surface area contributed by atoms with E-state index in [1.165, 1.54) is 11.0 Å². The van der Waals surface area contributed by atoms with Crippen LogP contribution in [0.3, 0.4) is 0 Å². The first-order chi connectivity index (χ1) is 20.9. The van der Waals surface area contributed by atoms with Crippen molar-refractivity contribution < 1.29 is 22.7 Å². The van der Waals surface area contributed by atoms with Crippen LogP contribution in [0.25, 0.3) is 0 Å². The van der Waals surface area contributed by atoms with E-state index in [9.17, 15) is 23.2 Å². The molecule has 1 saturated carbocycles. The van der Waals surface area contributed by atoms with Gasteiger partial charge in [-0.05, 0) is 86.9 Å². The van der Waals surface area contributed by atoms with Crippen molar-refractivity contribution in [2.24, 2.45) is 13.0 Å². The molecule has 0 bridgehead atoms. The molecule has 3 heterocycles. The van der Waals surface area contributed by atoms with Crippen molar-refractivity contribution in [2.75, 3.05) is 24.6 Å². The minimum Gasteiger partial charge on any atom is -0.376 e. The third-order valence-corrected chi connectivity index (χ3v) is 9.81. The number of alkyl halides is 3. The molecule has 2 fully saturated rings. The van der Waals surface area contributed by atoms with Crippen LogP contribution in [0.5, 0.6) is 0 Å². The first-order valence-corrected chi connectivity index (χ1v) is 15.1. The van der Waals surface area contributed by atoms with E-state index in [0.717, 1.165) is 24.2 Å². The second-order valence-corrected chi connectivity index (χ2v) is 12.9. The normalized spacial score (nSPS) is 24.8. The molecule has 3 aliphatic rings. The van der Waals surface area contributed by atoms with Crippen LogP contribution in [0, 0.1) is 17.2 Å². The number of halogens is 3. The van der Waals surface area contributed by atoms with Crippen LogP contribution in [0.1, 0.15) is 90.3 Å². The number of ether oxygens (including phenoxy) is 1. The number of aryl methyl sites for hydroxylation is 1. The number of morpholine rings is 1. The monoisotopic (exact) mass is 606 g/mol. The van der Waals surface area contributed by atoms with Gasteiger partial charge in [-0.3, -0.25) is 9.69 Å². The number of hydrogen-bond donors (Lipinski definition) is 0. The number of amides is 1. The number of aromatic nitrogens is 3. The lowest BCUT2D eigenvalue weighted by atomic mass is 9.71. The Hall–Kier alpha value is -3.75. The molecule has 1 aliphatic carbocycles. The molecule has 11 heteroatoms. The Kier molecular flexibility index (Phi) is 7.79. The number of benzene rings is 2. The molecule has 4 atom stereocenters. The van der Waals surface area contributed by atoms with Gasteiger partial charge in [-0.15, -0.1) is 10.2 Å². The maximum atomic E-state index is 14.6. The van der Waals surface area contributed by atoms with Gasteiger partial charge in [0.2, 0.25) is 0 Å². The molecule has 2 aliphatic heterocycles. The fourth-order valence-electron chi connectivity index (χ4n) is 7.25. The van der Waals surface area contributed by atoms with Crippen molar-refractivity contribution >= 4 is 11.6 Å². The molecule has 1 amide bonds.